The van der Waals surface area contributed by atoms with Crippen LogP contribution in [0.1, 0.15) is 68.7 Å². The number of aliphatic hydroxyl groups excluding tert-OH is 3. The number of hydrogen-bond donors (Lipinski definition) is 9. The third kappa shape index (κ3) is 5.48. The Kier molecular flexibility index (Phi) is 8.35. The summed E-state index contributed by atoms with van der Waals surface area (Å²) in [5, 5.41) is 65.1. The molecule has 4 fully saturated rings. The molecule has 0 spiro atoms. The molecule has 1 saturated carbocycles. The topological polar surface area (TPSA) is 236 Å². The van der Waals surface area contributed by atoms with Crippen molar-refractivity contribution in [3.63, 3.8) is 0 Å². The fourth-order valence-corrected chi connectivity index (χ4v) is 8.17. The van der Waals surface area contributed by atoms with Crippen molar-refractivity contribution in [2.45, 2.75) is 86.9 Å². The van der Waals surface area contributed by atoms with Gasteiger partial charge >= 0.3 is 0 Å². The van der Waals surface area contributed by atoms with Crippen molar-refractivity contribution in [3.05, 3.63) is 88.0 Å². The summed E-state index contributed by atoms with van der Waals surface area (Å²) in [5.41, 5.74) is 6.09. The number of nitrogens with zero attached hydrogens (tertiary/aromatic N) is 1. The summed E-state index contributed by atoms with van der Waals surface area (Å²) in [7, 11) is 0. The minimum Gasteiger partial charge on any atom is -0.504 e. The van der Waals surface area contributed by atoms with Crippen LogP contribution in [-0.2, 0) is 16.0 Å². The summed E-state index contributed by atoms with van der Waals surface area (Å²) in [4.78, 5) is 42.3. The number of phenols is 1. The minimum atomic E-state index is -1.82. The first-order valence-electron chi connectivity index (χ1n) is 17.0. The Hall–Kier alpha value is -4.45. The molecule has 8 unspecified atom stereocenters. The number of carbonyl (C=O) groups excluding carboxylic acids is 3. The summed E-state index contributed by atoms with van der Waals surface area (Å²) in [6, 6.07) is 14.4. The number of ketones is 2. The van der Waals surface area contributed by atoms with Gasteiger partial charge in [0.05, 0.1) is 17.8 Å². The largest absolute Gasteiger partial charge is 0.504 e. The molecule has 3 aromatic carbocycles. The van der Waals surface area contributed by atoms with Crippen LogP contribution in [0.4, 0.5) is 5.69 Å². The van der Waals surface area contributed by atoms with Crippen molar-refractivity contribution in [3.8, 4) is 11.5 Å². The molecule has 0 bridgehead atoms. The summed E-state index contributed by atoms with van der Waals surface area (Å²) in [6.07, 6.45) is -7.61. The number of para-hydroxylation sites is 1. The van der Waals surface area contributed by atoms with Crippen LogP contribution < -0.4 is 31.3 Å². The number of hydrogen-bond acceptors (Lipinski definition) is 14. The Labute approximate surface area is 292 Å². The van der Waals surface area contributed by atoms with Crippen molar-refractivity contribution in [1.29, 1.82) is 0 Å². The summed E-state index contributed by atoms with van der Waals surface area (Å²) < 4.78 is 12.2. The standard InChI is InChI=1S/C36H39N5O10/c37-35-39-32-23(33(48)40-35)38-15-41(32)21-10-4-1-7-16(21)13-17-14-20-22(25(43)19-9-3-2-8-18(19)24(20)42)26(44)30(17)50-34-29(47)27(45)28(46)31(51-34)36(49)11-5-6-12-36/h1-4,7-10,14,23,27-29,31-32,34-35,38-39,44-47,49H,5-6,11-13,15,37H2,(H,40,48). The molecule has 8 atom stereocenters. The average Bonchev–Trinajstić information content (AvgIpc) is 3.76. The molecule has 2 aliphatic carbocycles. The first kappa shape index (κ1) is 33.7. The van der Waals surface area contributed by atoms with Gasteiger partial charge in [-0.25, -0.2) is 0 Å². The van der Waals surface area contributed by atoms with Crippen LogP contribution in [0.3, 0.4) is 0 Å². The number of nitrogens with two attached hydrogens (primary N) is 1. The van der Waals surface area contributed by atoms with E-state index in [9.17, 15) is 39.9 Å². The van der Waals surface area contributed by atoms with E-state index in [-0.39, 0.29) is 52.6 Å². The van der Waals surface area contributed by atoms with E-state index in [1.165, 1.54) is 18.2 Å². The molecule has 1 amide bonds. The number of benzene rings is 3. The van der Waals surface area contributed by atoms with Crippen LogP contribution in [0.25, 0.3) is 0 Å². The fourth-order valence-electron chi connectivity index (χ4n) is 8.17. The first-order valence-corrected chi connectivity index (χ1v) is 17.0. The molecule has 0 radical (unpaired) electrons. The SMILES string of the molecule is NC1NC(=O)C2NCN(c3ccccc3Cc3cc4c(c(O)c3OC3OC(C5(O)CCCC5)C(O)C(O)C3O)C(=O)c3ccccc3C4=O)C2N1. The lowest BCUT2D eigenvalue weighted by Gasteiger charge is -2.45. The monoisotopic (exact) mass is 701 g/mol. The molecule has 3 saturated heterocycles. The second-order valence-corrected chi connectivity index (χ2v) is 13.9. The van der Waals surface area contributed by atoms with Crippen molar-refractivity contribution < 1.29 is 49.4 Å². The third-order valence-corrected chi connectivity index (χ3v) is 10.8. The zero-order chi connectivity index (χ0) is 35.8. The van der Waals surface area contributed by atoms with Crippen molar-refractivity contribution in [1.82, 2.24) is 16.0 Å². The number of amides is 1. The number of carbonyl (C=O) groups is 3. The first-order chi connectivity index (χ1) is 24.5. The minimum absolute atomic E-state index is 0.0168. The van der Waals surface area contributed by atoms with E-state index >= 15 is 0 Å². The molecule has 3 heterocycles. The molecule has 15 nitrogen and oxygen atoms in total. The lowest BCUT2D eigenvalue weighted by atomic mass is 9.81. The molecular weight excluding hydrogens is 662 g/mol. The fraction of sp³-hybridized carbons (Fsp3) is 0.417. The number of rotatable bonds is 6. The van der Waals surface area contributed by atoms with Gasteiger partial charge in [0.15, 0.2) is 23.1 Å². The quantitative estimate of drug-likeness (QED) is 0.121. The Balaban J connectivity index is 1.22. The molecule has 3 aliphatic heterocycles. The van der Waals surface area contributed by atoms with Crippen molar-refractivity contribution >= 4 is 23.2 Å². The van der Waals surface area contributed by atoms with Gasteiger partial charge < -0.3 is 45.2 Å². The van der Waals surface area contributed by atoms with E-state index in [0.717, 1.165) is 0 Å². The van der Waals surface area contributed by atoms with Crippen molar-refractivity contribution in [2.24, 2.45) is 5.73 Å². The van der Waals surface area contributed by atoms with Gasteiger partial charge in [-0.3, -0.25) is 30.8 Å². The van der Waals surface area contributed by atoms with Crippen LogP contribution in [0.15, 0.2) is 54.6 Å². The van der Waals surface area contributed by atoms with Gasteiger partial charge in [0.1, 0.15) is 42.9 Å². The lowest BCUT2D eigenvalue weighted by Crippen LogP contribution is -2.70. The van der Waals surface area contributed by atoms with Gasteiger partial charge in [-0.1, -0.05) is 55.3 Å². The maximum atomic E-state index is 13.8. The predicted octanol–water partition coefficient (Wildman–Crippen LogP) is -0.727. The van der Waals surface area contributed by atoms with Crippen molar-refractivity contribution in [2.75, 3.05) is 11.6 Å². The molecule has 51 heavy (non-hydrogen) atoms. The van der Waals surface area contributed by atoms with E-state index in [2.05, 4.69) is 16.0 Å². The molecule has 10 N–H and O–H groups in total. The number of aliphatic hydroxyl groups is 4. The van der Waals surface area contributed by atoms with E-state index in [1.807, 2.05) is 23.1 Å². The van der Waals surface area contributed by atoms with Gasteiger partial charge in [0.2, 0.25) is 12.2 Å². The number of aromatic hydroxyl groups is 1. The highest BCUT2D eigenvalue weighted by Gasteiger charge is 2.54. The van der Waals surface area contributed by atoms with Gasteiger partial charge in [-0.05, 0) is 30.5 Å². The predicted molar refractivity (Wildman–Crippen MR) is 179 cm³/mol. The molecular formula is C36H39N5O10. The second-order valence-electron chi connectivity index (χ2n) is 13.9. The number of ether oxygens (including phenoxy) is 2. The van der Waals surface area contributed by atoms with E-state index < -0.39 is 72.1 Å². The maximum Gasteiger partial charge on any atom is 0.242 e. The van der Waals surface area contributed by atoms with Gasteiger partial charge in [-0.15, -0.1) is 0 Å². The smallest absolute Gasteiger partial charge is 0.242 e. The van der Waals surface area contributed by atoms with E-state index in [0.29, 0.717) is 36.9 Å². The Morgan fingerprint density at radius 1 is 0.902 bits per heavy atom. The Morgan fingerprint density at radius 3 is 2.33 bits per heavy atom. The van der Waals surface area contributed by atoms with E-state index in [1.54, 1.807) is 18.2 Å². The highest BCUT2D eigenvalue weighted by Crippen LogP contribution is 2.45. The molecule has 8 rings (SSSR count). The molecule has 15 heteroatoms. The summed E-state index contributed by atoms with van der Waals surface area (Å²) in [5.74, 6) is -2.31. The van der Waals surface area contributed by atoms with Crippen LogP contribution >= 0.6 is 0 Å². The zero-order valence-electron chi connectivity index (χ0n) is 27.4. The number of phenolic OH excluding ortho intramolecular Hbond substituents is 1. The van der Waals surface area contributed by atoms with Crippen LogP contribution in [-0.4, -0.2) is 104 Å². The molecule has 5 aliphatic rings. The molecule has 268 valence electrons. The molecule has 3 aromatic rings. The van der Waals surface area contributed by atoms with E-state index in [4.69, 9.17) is 15.2 Å². The average molecular weight is 702 g/mol. The number of fused-ring (bicyclic) bond motifs is 3. The normalized spacial score (nSPS) is 31.2. The van der Waals surface area contributed by atoms with Crippen LogP contribution in [0.2, 0.25) is 0 Å². The van der Waals surface area contributed by atoms with Crippen LogP contribution in [0.5, 0.6) is 11.5 Å². The van der Waals surface area contributed by atoms with Gasteiger partial charge in [-0.2, -0.15) is 0 Å². The number of nitrogens with one attached hydrogen (secondary N) is 3. The third-order valence-electron chi connectivity index (χ3n) is 10.8. The Bertz CT molecular complexity index is 1920. The van der Waals surface area contributed by atoms with Crippen LogP contribution in [0, 0.1) is 0 Å². The number of anilines is 1. The second kappa shape index (κ2) is 12.6. The molecule has 0 aromatic heterocycles. The maximum absolute atomic E-state index is 13.8. The summed E-state index contributed by atoms with van der Waals surface area (Å²) in [6.45, 7) is 0.286. The van der Waals surface area contributed by atoms with Gasteiger partial charge in [0, 0.05) is 34.4 Å². The zero-order valence-corrected chi connectivity index (χ0v) is 27.4. The Morgan fingerprint density at radius 2 is 1.59 bits per heavy atom. The van der Waals surface area contributed by atoms with Gasteiger partial charge in [0.25, 0.3) is 0 Å². The summed E-state index contributed by atoms with van der Waals surface area (Å²) >= 11 is 0. The lowest BCUT2D eigenvalue weighted by molar-refractivity contribution is -0.304. The highest BCUT2D eigenvalue weighted by atomic mass is 16.7. The highest BCUT2D eigenvalue weighted by molar-refractivity contribution is 6.29.